The van der Waals surface area contributed by atoms with Crippen LogP contribution in [0.5, 0.6) is 11.5 Å². The third-order valence-electron chi connectivity index (χ3n) is 4.22. The highest BCUT2D eigenvalue weighted by Crippen LogP contribution is 2.13. The first kappa shape index (κ1) is 21.7. The van der Waals surface area contributed by atoms with Crippen LogP contribution in [0.4, 0.5) is 0 Å². The lowest BCUT2D eigenvalue weighted by atomic mass is 10.0. The largest absolute Gasteiger partial charge is 0.508 e. The van der Waals surface area contributed by atoms with Gasteiger partial charge in [0.1, 0.15) is 23.6 Å². The van der Waals surface area contributed by atoms with Crippen molar-refractivity contribution in [2.75, 3.05) is 0 Å². The normalized spacial score (nSPS) is 12.5. The number of aromatic hydroxyl groups is 2. The van der Waals surface area contributed by atoms with Gasteiger partial charge >= 0.3 is 0 Å². The summed E-state index contributed by atoms with van der Waals surface area (Å²) in [6.07, 6.45) is 0.308. The van der Waals surface area contributed by atoms with Crippen LogP contribution in [0.1, 0.15) is 18.1 Å². The van der Waals surface area contributed by atoms with Crippen molar-refractivity contribution in [1.82, 2.24) is 16.1 Å². The molecule has 2 atom stereocenters. The molecule has 0 saturated carbocycles. The van der Waals surface area contributed by atoms with E-state index >= 15 is 0 Å². The van der Waals surface area contributed by atoms with Crippen LogP contribution in [-0.2, 0) is 27.2 Å². The first-order valence-electron chi connectivity index (χ1n) is 8.92. The van der Waals surface area contributed by atoms with Crippen molar-refractivity contribution < 1.29 is 24.6 Å². The number of hydrazine groups is 1. The van der Waals surface area contributed by atoms with Gasteiger partial charge in [0, 0.05) is 19.8 Å². The van der Waals surface area contributed by atoms with E-state index < -0.39 is 29.8 Å². The van der Waals surface area contributed by atoms with Gasteiger partial charge in [0.05, 0.1) is 0 Å². The van der Waals surface area contributed by atoms with Gasteiger partial charge in [-0.15, -0.1) is 0 Å². The number of amides is 3. The summed E-state index contributed by atoms with van der Waals surface area (Å²) in [6.45, 7) is 1.29. The van der Waals surface area contributed by atoms with Gasteiger partial charge in [-0.1, -0.05) is 24.3 Å². The van der Waals surface area contributed by atoms with Gasteiger partial charge in [-0.25, -0.2) is 5.84 Å². The molecule has 0 fully saturated rings. The Kier molecular flexibility index (Phi) is 7.55. The molecule has 0 saturated heterocycles. The summed E-state index contributed by atoms with van der Waals surface area (Å²) in [5.74, 6) is 3.85. The predicted octanol–water partition coefficient (Wildman–Crippen LogP) is -0.138. The maximum absolute atomic E-state index is 12.8. The molecule has 0 unspecified atom stereocenters. The Hall–Kier alpha value is -3.59. The van der Waals surface area contributed by atoms with Crippen molar-refractivity contribution in [2.24, 2.45) is 5.84 Å². The minimum atomic E-state index is -0.979. The van der Waals surface area contributed by atoms with Crippen molar-refractivity contribution in [1.29, 1.82) is 0 Å². The fraction of sp³-hybridized carbons (Fsp3) is 0.250. The van der Waals surface area contributed by atoms with E-state index in [1.165, 1.54) is 31.2 Å². The Labute approximate surface area is 167 Å². The molecule has 0 heterocycles. The zero-order valence-corrected chi connectivity index (χ0v) is 15.9. The topological polar surface area (TPSA) is 154 Å². The van der Waals surface area contributed by atoms with Crippen LogP contribution in [0, 0.1) is 0 Å². The monoisotopic (exact) mass is 400 g/mol. The Bertz CT molecular complexity index is 852. The first-order valence-corrected chi connectivity index (χ1v) is 8.92. The lowest BCUT2D eigenvalue weighted by molar-refractivity contribution is -0.131. The van der Waals surface area contributed by atoms with E-state index in [1.807, 2.05) is 5.43 Å². The van der Waals surface area contributed by atoms with Crippen LogP contribution >= 0.6 is 0 Å². The molecule has 29 heavy (non-hydrogen) atoms. The van der Waals surface area contributed by atoms with Crippen LogP contribution < -0.4 is 21.9 Å². The van der Waals surface area contributed by atoms with Gasteiger partial charge < -0.3 is 20.8 Å². The highest BCUT2D eigenvalue weighted by molar-refractivity contribution is 5.91. The number of hydrogen-bond acceptors (Lipinski definition) is 6. The second-order valence-corrected chi connectivity index (χ2v) is 6.56. The van der Waals surface area contributed by atoms with E-state index in [2.05, 4.69) is 10.6 Å². The molecule has 0 aromatic heterocycles. The summed E-state index contributed by atoms with van der Waals surface area (Å²) < 4.78 is 0. The Morgan fingerprint density at radius 3 is 1.59 bits per heavy atom. The van der Waals surface area contributed by atoms with E-state index in [-0.39, 0.29) is 24.3 Å². The van der Waals surface area contributed by atoms with Gasteiger partial charge in [-0.3, -0.25) is 19.8 Å². The van der Waals surface area contributed by atoms with Crippen molar-refractivity contribution >= 4 is 17.7 Å². The number of benzene rings is 2. The molecule has 154 valence electrons. The average molecular weight is 400 g/mol. The van der Waals surface area contributed by atoms with E-state index in [0.717, 1.165) is 5.56 Å². The molecule has 0 aliphatic heterocycles. The summed E-state index contributed by atoms with van der Waals surface area (Å²) in [6, 6.07) is 10.5. The zero-order chi connectivity index (χ0) is 21.4. The molecule has 3 amide bonds. The van der Waals surface area contributed by atoms with Crippen LogP contribution in [0.15, 0.2) is 48.5 Å². The summed E-state index contributed by atoms with van der Waals surface area (Å²) in [4.78, 5) is 36.5. The number of carbonyl (C=O) groups is 3. The molecule has 0 bridgehead atoms. The third-order valence-corrected chi connectivity index (χ3v) is 4.22. The smallest absolute Gasteiger partial charge is 0.256 e. The van der Waals surface area contributed by atoms with Crippen LogP contribution in [0.25, 0.3) is 0 Å². The Morgan fingerprint density at radius 1 is 0.793 bits per heavy atom. The summed E-state index contributed by atoms with van der Waals surface area (Å²) in [5, 5.41) is 23.9. The summed E-state index contributed by atoms with van der Waals surface area (Å²) in [5.41, 5.74) is 3.44. The average Bonchev–Trinajstić information content (AvgIpc) is 2.69. The highest BCUT2D eigenvalue weighted by atomic mass is 16.3. The van der Waals surface area contributed by atoms with Gasteiger partial charge in [0.25, 0.3) is 5.91 Å². The second-order valence-electron chi connectivity index (χ2n) is 6.56. The van der Waals surface area contributed by atoms with E-state index in [1.54, 1.807) is 24.3 Å². The molecule has 0 aliphatic rings. The molecule has 2 aromatic carbocycles. The molecule has 0 spiro atoms. The van der Waals surface area contributed by atoms with E-state index in [0.29, 0.717) is 5.56 Å². The van der Waals surface area contributed by atoms with Crippen LogP contribution in [-0.4, -0.2) is 40.0 Å². The second kappa shape index (κ2) is 10.1. The number of rotatable bonds is 8. The number of carbonyl (C=O) groups excluding carboxylic acids is 3. The van der Waals surface area contributed by atoms with Gasteiger partial charge in [0.15, 0.2) is 0 Å². The quantitative estimate of drug-likeness (QED) is 0.206. The number of phenolic OH excluding ortho intramolecular Hbond substituents is 2. The SMILES string of the molecule is CC(=O)N[C@@H](Cc1ccc(O)cc1)C(=O)N[C@@H](Cc1ccc(O)cc1)C(=O)NN. The summed E-state index contributed by atoms with van der Waals surface area (Å²) >= 11 is 0. The minimum absolute atomic E-state index is 0.0808. The molecule has 0 radical (unpaired) electrons. The molecule has 9 heteroatoms. The standard InChI is InChI=1S/C20H24N4O5/c1-12(25)22-17(10-13-2-6-15(26)7-3-13)19(28)23-18(20(29)24-21)11-14-4-8-16(27)9-5-14/h2-9,17-18,26-27H,10-11,21H2,1H3,(H,22,25)(H,23,28)(H,24,29)/t17-,18-/m0/s1. The third kappa shape index (κ3) is 6.82. The molecule has 9 nitrogen and oxygen atoms in total. The lowest BCUT2D eigenvalue weighted by Gasteiger charge is -2.22. The van der Waals surface area contributed by atoms with E-state index in [9.17, 15) is 24.6 Å². The van der Waals surface area contributed by atoms with Gasteiger partial charge in [-0.2, -0.15) is 0 Å². The number of nitrogens with one attached hydrogen (secondary N) is 3. The predicted molar refractivity (Wildman–Crippen MR) is 105 cm³/mol. The fourth-order valence-corrected chi connectivity index (χ4v) is 2.77. The zero-order valence-electron chi connectivity index (χ0n) is 15.9. The van der Waals surface area contributed by atoms with Crippen molar-refractivity contribution in [3.05, 3.63) is 59.7 Å². The summed E-state index contributed by atoms with van der Waals surface area (Å²) in [7, 11) is 0. The lowest BCUT2D eigenvalue weighted by Crippen LogP contribution is -2.55. The molecule has 0 aliphatic carbocycles. The molecule has 2 rings (SSSR count). The van der Waals surface area contributed by atoms with Crippen molar-refractivity contribution in [2.45, 2.75) is 31.8 Å². The number of phenols is 2. The Morgan fingerprint density at radius 2 is 1.21 bits per heavy atom. The Balaban J connectivity index is 2.15. The van der Waals surface area contributed by atoms with Gasteiger partial charge in [0.2, 0.25) is 11.8 Å². The minimum Gasteiger partial charge on any atom is -0.508 e. The van der Waals surface area contributed by atoms with Crippen LogP contribution in [0.2, 0.25) is 0 Å². The van der Waals surface area contributed by atoms with E-state index in [4.69, 9.17) is 5.84 Å². The molecule has 7 N–H and O–H groups in total. The van der Waals surface area contributed by atoms with Crippen molar-refractivity contribution in [3.8, 4) is 11.5 Å². The molecular formula is C20H24N4O5. The highest BCUT2D eigenvalue weighted by Gasteiger charge is 2.26. The number of nitrogens with two attached hydrogens (primary N) is 1. The van der Waals surface area contributed by atoms with Crippen LogP contribution in [0.3, 0.4) is 0 Å². The molecule has 2 aromatic rings. The number of hydrogen-bond donors (Lipinski definition) is 6. The fourth-order valence-electron chi connectivity index (χ4n) is 2.77. The molecular weight excluding hydrogens is 376 g/mol. The first-order chi connectivity index (χ1) is 13.8. The van der Waals surface area contributed by atoms with Crippen molar-refractivity contribution in [3.63, 3.8) is 0 Å². The maximum atomic E-state index is 12.8. The van der Waals surface area contributed by atoms with Gasteiger partial charge in [-0.05, 0) is 35.4 Å². The maximum Gasteiger partial charge on any atom is 0.256 e.